The van der Waals surface area contributed by atoms with Crippen LogP contribution in [-0.2, 0) is 20.4 Å². The first-order valence-electron chi connectivity index (χ1n) is 5.91. The Balaban J connectivity index is 2.51. The number of aliphatic carboxylic acids is 1. The number of nitrogens with one attached hydrogen (secondary N) is 2. The Kier molecular flexibility index (Phi) is 5.04. The van der Waals surface area contributed by atoms with Crippen LogP contribution >= 0.6 is 0 Å². The van der Waals surface area contributed by atoms with Crippen molar-refractivity contribution < 1.29 is 23.7 Å². The van der Waals surface area contributed by atoms with Crippen LogP contribution in [0.2, 0.25) is 0 Å². The number of carboxylic acids is 1. The predicted molar refractivity (Wildman–Crippen MR) is 69.0 cm³/mol. The van der Waals surface area contributed by atoms with E-state index >= 15 is 0 Å². The van der Waals surface area contributed by atoms with Crippen LogP contribution in [0.25, 0.3) is 0 Å². The van der Waals surface area contributed by atoms with Crippen LogP contribution in [0.4, 0.5) is 4.79 Å². The Morgan fingerprint density at radius 1 is 1.37 bits per heavy atom. The van der Waals surface area contributed by atoms with Crippen molar-refractivity contribution in [3.05, 3.63) is 0 Å². The second-order valence-corrected chi connectivity index (χ2v) is 6.56. The van der Waals surface area contributed by atoms with Crippen molar-refractivity contribution in [1.82, 2.24) is 10.6 Å². The molecule has 0 aromatic carbocycles. The molecule has 7 nitrogen and oxygen atoms in total. The number of rotatable bonds is 6. The van der Waals surface area contributed by atoms with E-state index in [9.17, 15) is 18.6 Å². The largest absolute Gasteiger partial charge is 0.481 e. The van der Waals surface area contributed by atoms with Gasteiger partial charge in [-0.25, -0.2) is 4.79 Å². The number of hydrogen-bond acceptors (Lipinski definition) is 4. The minimum atomic E-state index is -1.49. The molecule has 0 radical (unpaired) electrons. The van der Waals surface area contributed by atoms with Gasteiger partial charge in [-0.1, -0.05) is 0 Å². The van der Waals surface area contributed by atoms with Gasteiger partial charge in [0.2, 0.25) is 5.91 Å². The van der Waals surface area contributed by atoms with Crippen LogP contribution in [-0.4, -0.2) is 45.3 Å². The standard InChI is InChI=1S/C11H18N2O5S/c1-7(9(16)13-10(17)12-2)19(18)6-11(3-4-11)5-8(14)15/h7H,3-6H2,1-2H3,(H,14,15)(H2,12,13,16,17). The summed E-state index contributed by atoms with van der Waals surface area (Å²) >= 11 is 0. The molecular weight excluding hydrogens is 272 g/mol. The number of carbonyl (C=O) groups excluding carboxylic acids is 2. The molecule has 0 aromatic heterocycles. The maximum atomic E-state index is 12.0. The van der Waals surface area contributed by atoms with Crippen LogP contribution in [0, 0.1) is 5.41 Å². The van der Waals surface area contributed by atoms with Gasteiger partial charge >= 0.3 is 12.0 Å². The molecule has 3 amide bonds. The van der Waals surface area contributed by atoms with Gasteiger partial charge < -0.3 is 10.4 Å². The Labute approximate surface area is 113 Å². The van der Waals surface area contributed by atoms with Crippen LogP contribution in [0.5, 0.6) is 0 Å². The number of carboxylic acid groups (broad SMARTS) is 1. The first-order valence-corrected chi connectivity index (χ1v) is 7.29. The van der Waals surface area contributed by atoms with E-state index in [1.54, 1.807) is 0 Å². The second kappa shape index (κ2) is 6.14. The van der Waals surface area contributed by atoms with Crippen molar-refractivity contribution in [1.29, 1.82) is 0 Å². The molecule has 0 aromatic rings. The van der Waals surface area contributed by atoms with Crippen LogP contribution < -0.4 is 10.6 Å². The molecule has 0 spiro atoms. The van der Waals surface area contributed by atoms with Gasteiger partial charge in [0.25, 0.3) is 0 Å². The van der Waals surface area contributed by atoms with Crippen molar-refractivity contribution in [2.75, 3.05) is 12.8 Å². The third-order valence-electron chi connectivity index (χ3n) is 3.16. The summed E-state index contributed by atoms with van der Waals surface area (Å²) in [5.74, 6) is -1.36. The van der Waals surface area contributed by atoms with E-state index in [0.29, 0.717) is 0 Å². The third-order valence-corrected chi connectivity index (χ3v) is 5.06. The van der Waals surface area contributed by atoms with Crippen molar-refractivity contribution in [3.63, 3.8) is 0 Å². The lowest BCUT2D eigenvalue weighted by atomic mass is 10.1. The highest BCUT2D eigenvalue weighted by molar-refractivity contribution is 7.86. The summed E-state index contributed by atoms with van der Waals surface area (Å²) in [5, 5.41) is 12.2. The van der Waals surface area contributed by atoms with E-state index in [2.05, 4.69) is 10.6 Å². The molecule has 1 saturated carbocycles. The molecule has 2 unspecified atom stereocenters. The van der Waals surface area contributed by atoms with Gasteiger partial charge in [0, 0.05) is 23.6 Å². The number of imide groups is 1. The second-order valence-electron chi connectivity index (χ2n) is 4.81. The van der Waals surface area contributed by atoms with E-state index in [4.69, 9.17) is 5.11 Å². The number of carbonyl (C=O) groups is 3. The highest BCUT2D eigenvalue weighted by atomic mass is 32.2. The minimum Gasteiger partial charge on any atom is -0.481 e. The van der Waals surface area contributed by atoms with Crippen molar-refractivity contribution >= 4 is 28.7 Å². The predicted octanol–water partition coefficient (Wildman–Crippen LogP) is -0.166. The maximum Gasteiger partial charge on any atom is 0.321 e. The lowest BCUT2D eigenvalue weighted by molar-refractivity contribution is -0.138. The zero-order valence-corrected chi connectivity index (χ0v) is 11.7. The van der Waals surface area contributed by atoms with Gasteiger partial charge in [-0.05, 0) is 25.2 Å². The SMILES string of the molecule is CNC(=O)NC(=O)C(C)S(=O)CC1(CC(=O)O)CC1. The van der Waals surface area contributed by atoms with E-state index in [-0.39, 0.29) is 12.2 Å². The fourth-order valence-electron chi connectivity index (χ4n) is 1.69. The topological polar surface area (TPSA) is 113 Å². The molecule has 1 aliphatic rings. The summed E-state index contributed by atoms with van der Waals surface area (Å²) < 4.78 is 12.0. The van der Waals surface area contributed by atoms with Gasteiger partial charge in [-0.3, -0.25) is 19.1 Å². The summed E-state index contributed by atoms with van der Waals surface area (Å²) in [5.41, 5.74) is -0.432. The average molecular weight is 290 g/mol. The molecular formula is C11H18N2O5S. The minimum absolute atomic E-state index is 0.0253. The quantitative estimate of drug-likeness (QED) is 0.629. The third kappa shape index (κ3) is 4.62. The summed E-state index contributed by atoms with van der Waals surface area (Å²) in [6, 6.07) is -0.652. The van der Waals surface area contributed by atoms with Crippen LogP contribution in [0.1, 0.15) is 26.2 Å². The zero-order valence-electron chi connectivity index (χ0n) is 10.9. The average Bonchev–Trinajstić information content (AvgIpc) is 3.05. The zero-order chi connectivity index (χ0) is 14.6. The molecule has 2 atom stereocenters. The van der Waals surface area contributed by atoms with E-state index in [0.717, 1.165) is 12.8 Å². The molecule has 1 rings (SSSR count). The van der Waals surface area contributed by atoms with Gasteiger partial charge in [-0.15, -0.1) is 0 Å². The highest BCUT2D eigenvalue weighted by Crippen LogP contribution is 2.49. The molecule has 19 heavy (non-hydrogen) atoms. The van der Waals surface area contributed by atoms with Gasteiger partial charge in [-0.2, -0.15) is 0 Å². The van der Waals surface area contributed by atoms with E-state index < -0.39 is 39.4 Å². The lowest BCUT2D eigenvalue weighted by Gasteiger charge is -2.16. The maximum absolute atomic E-state index is 12.0. The molecule has 3 N–H and O–H groups in total. The van der Waals surface area contributed by atoms with E-state index in [1.807, 2.05) is 0 Å². The van der Waals surface area contributed by atoms with Gasteiger partial charge in [0.1, 0.15) is 5.25 Å². The summed E-state index contributed by atoms with van der Waals surface area (Å²) in [6.45, 7) is 1.46. The molecule has 0 bridgehead atoms. The summed E-state index contributed by atoms with van der Waals surface area (Å²) in [4.78, 5) is 33.3. The number of urea groups is 1. The molecule has 0 saturated heterocycles. The Hall–Kier alpha value is -1.44. The number of hydrogen-bond donors (Lipinski definition) is 3. The molecule has 1 fully saturated rings. The summed E-state index contributed by atoms with van der Waals surface area (Å²) in [7, 11) is -0.121. The van der Waals surface area contributed by atoms with E-state index in [1.165, 1.54) is 14.0 Å². The molecule has 108 valence electrons. The first kappa shape index (κ1) is 15.6. The Morgan fingerprint density at radius 3 is 2.37 bits per heavy atom. The number of amides is 3. The van der Waals surface area contributed by atoms with Crippen LogP contribution in [0.3, 0.4) is 0 Å². The molecule has 0 heterocycles. The normalized spacial score (nSPS) is 19.1. The van der Waals surface area contributed by atoms with Gasteiger partial charge in [0.05, 0.1) is 6.42 Å². The lowest BCUT2D eigenvalue weighted by Crippen LogP contribution is -2.44. The Bertz CT molecular complexity index is 419. The van der Waals surface area contributed by atoms with Crippen molar-refractivity contribution in [2.45, 2.75) is 31.4 Å². The smallest absolute Gasteiger partial charge is 0.321 e. The highest BCUT2D eigenvalue weighted by Gasteiger charge is 2.46. The monoisotopic (exact) mass is 290 g/mol. The van der Waals surface area contributed by atoms with Crippen LogP contribution in [0.15, 0.2) is 0 Å². The molecule has 1 aliphatic carbocycles. The van der Waals surface area contributed by atoms with Crippen molar-refractivity contribution in [2.24, 2.45) is 5.41 Å². The van der Waals surface area contributed by atoms with Gasteiger partial charge in [0.15, 0.2) is 0 Å². The Morgan fingerprint density at radius 2 is 1.95 bits per heavy atom. The molecule has 8 heteroatoms. The summed E-state index contributed by atoms with van der Waals surface area (Å²) in [6.07, 6.45) is 1.41. The van der Waals surface area contributed by atoms with Crippen molar-refractivity contribution in [3.8, 4) is 0 Å². The fraction of sp³-hybridized carbons (Fsp3) is 0.727. The fourth-order valence-corrected chi connectivity index (χ4v) is 3.23. The first-order chi connectivity index (χ1) is 8.79. The molecule has 0 aliphatic heterocycles.